The van der Waals surface area contributed by atoms with Crippen molar-refractivity contribution in [2.45, 2.75) is 30.4 Å². The number of alkyl halides is 3. The minimum Gasteiger partial charge on any atom is -0.411 e. The van der Waals surface area contributed by atoms with Gasteiger partial charge in [-0.3, -0.25) is 4.79 Å². The highest BCUT2D eigenvalue weighted by Crippen LogP contribution is 2.46. The van der Waals surface area contributed by atoms with Crippen LogP contribution in [0.5, 0.6) is 0 Å². The van der Waals surface area contributed by atoms with Crippen molar-refractivity contribution in [2.75, 3.05) is 25.1 Å². The van der Waals surface area contributed by atoms with E-state index in [9.17, 15) is 41.1 Å². The molecule has 2 aromatic rings. The molecule has 2 heterocycles. The van der Waals surface area contributed by atoms with Crippen LogP contribution in [0.1, 0.15) is 28.7 Å². The number of likely N-dealkylation sites (tertiary alicyclic amines) is 1. The van der Waals surface area contributed by atoms with Crippen molar-refractivity contribution in [3.63, 3.8) is 0 Å². The zero-order valence-corrected chi connectivity index (χ0v) is 21.8. The monoisotopic (exact) mass is 598 g/mol. The summed E-state index contributed by atoms with van der Waals surface area (Å²) in [4.78, 5) is 13.5. The number of amides is 1. The van der Waals surface area contributed by atoms with E-state index in [-0.39, 0.29) is 25.3 Å². The van der Waals surface area contributed by atoms with Gasteiger partial charge in [-0.25, -0.2) is 12.8 Å². The van der Waals surface area contributed by atoms with Crippen LogP contribution in [0.15, 0.2) is 35.5 Å². The molecule has 1 amide bonds. The number of aliphatic hydroxyl groups is 1. The molecule has 1 saturated heterocycles. The minimum atomic E-state index is -5.30. The fourth-order valence-corrected chi connectivity index (χ4v) is 5.67. The van der Waals surface area contributed by atoms with Gasteiger partial charge in [-0.15, -0.1) is 0 Å². The first kappa shape index (κ1) is 28.6. The van der Waals surface area contributed by atoms with Crippen molar-refractivity contribution in [1.82, 2.24) is 4.90 Å². The maximum absolute atomic E-state index is 14.1. The number of rotatable bonds is 6. The molecular weight excluding hydrogens is 579 g/mol. The number of hydrogen-bond donors (Lipinski definition) is 2. The van der Waals surface area contributed by atoms with Crippen LogP contribution in [0.2, 0.25) is 10.0 Å². The van der Waals surface area contributed by atoms with Crippen LogP contribution in [-0.2, 0) is 37.2 Å². The third-order valence-corrected chi connectivity index (χ3v) is 7.86. The summed E-state index contributed by atoms with van der Waals surface area (Å²) in [6.45, 7) is 0.214. The zero-order chi connectivity index (χ0) is 28.3. The van der Waals surface area contributed by atoms with E-state index in [1.807, 2.05) is 0 Å². The molecule has 0 unspecified atom stereocenters. The summed E-state index contributed by atoms with van der Waals surface area (Å²) >= 11 is 11.3. The average Bonchev–Trinajstić information content (AvgIpc) is 3.16. The van der Waals surface area contributed by atoms with E-state index < -0.39 is 72.4 Å². The Bertz CT molecular complexity index is 1420. The van der Waals surface area contributed by atoms with Crippen LogP contribution >= 0.6 is 23.2 Å². The van der Waals surface area contributed by atoms with Crippen LogP contribution in [0.25, 0.3) is 0 Å². The van der Waals surface area contributed by atoms with Gasteiger partial charge in [-0.05, 0) is 40.5 Å². The van der Waals surface area contributed by atoms with Gasteiger partial charge in [0.25, 0.3) is 0 Å². The summed E-state index contributed by atoms with van der Waals surface area (Å²) < 4.78 is 84.7. The van der Waals surface area contributed by atoms with Gasteiger partial charge in [0.2, 0.25) is 5.91 Å². The van der Waals surface area contributed by atoms with E-state index in [0.29, 0.717) is 23.3 Å². The van der Waals surface area contributed by atoms with Crippen LogP contribution in [0.3, 0.4) is 0 Å². The van der Waals surface area contributed by atoms with Crippen molar-refractivity contribution < 1.29 is 45.8 Å². The van der Waals surface area contributed by atoms with Gasteiger partial charge in [0.1, 0.15) is 11.4 Å². The topological polar surface area (TPSA) is 117 Å². The fraction of sp³-hybridized carbons (Fsp3) is 0.391. The summed E-state index contributed by atoms with van der Waals surface area (Å²) in [6, 6.07) is 5.53. The van der Waals surface area contributed by atoms with Gasteiger partial charge >= 0.3 is 6.18 Å². The lowest BCUT2D eigenvalue weighted by Crippen LogP contribution is -2.62. The molecule has 0 saturated carbocycles. The van der Waals surface area contributed by atoms with Gasteiger partial charge in [0.15, 0.2) is 21.3 Å². The van der Waals surface area contributed by atoms with Crippen molar-refractivity contribution in [1.29, 1.82) is 0 Å². The number of oxime groups is 1. The maximum atomic E-state index is 14.1. The van der Waals surface area contributed by atoms with E-state index in [0.717, 1.165) is 6.26 Å². The Morgan fingerprint density at radius 2 is 1.79 bits per heavy atom. The molecule has 4 rings (SSSR count). The summed E-state index contributed by atoms with van der Waals surface area (Å²) in [7, 11) is -3.51. The number of hydrogen-bond acceptors (Lipinski definition) is 7. The molecule has 38 heavy (non-hydrogen) atoms. The summed E-state index contributed by atoms with van der Waals surface area (Å²) in [6.07, 6.45) is -5.61. The molecule has 2 aliphatic rings. The Hall–Kier alpha value is -2.45. The number of sulfone groups is 1. The summed E-state index contributed by atoms with van der Waals surface area (Å²) in [5.74, 6) is -2.37. The molecule has 0 aromatic heterocycles. The number of carbonyl (C=O) groups is 1. The molecule has 1 fully saturated rings. The number of carbonyl (C=O) groups excluding carboxylic acids is 1. The molecule has 2 N–H and O–H groups in total. The molecule has 0 aliphatic carbocycles. The van der Waals surface area contributed by atoms with Gasteiger partial charge in [0.05, 0.1) is 35.5 Å². The number of fused-ring (bicyclic) bond motifs is 2. The second-order valence-corrected chi connectivity index (χ2v) is 12.3. The van der Waals surface area contributed by atoms with Crippen LogP contribution < -0.4 is 0 Å². The molecule has 0 bridgehead atoms. The molecule has 1 spiro atoms. The summed E-state index contributed by atoms with van der Waals surface area (Å²) in [5, 5.41) is 21.8. The van der Waals surface area contributed by atoms with Crippen molar-refractivity contribution in [3.8, 4) is 0 Å². The highest BCUT2D eigenvalue weighted by atomic mass is 35.5. The summed E-state index contributed by atoms with van der Waals surface area (Å²) in [5.41, 5.74) is -4.69. The first-order valence-electron chi connectivity index (χ1n) is 10.9. The molecule has 8 nitrogen and oxygen atoms in total. The van der Waals surface area contributed by atoms with Crippen LogP contribution in [0.4, 0.5) is 17.6 Å². The predicted octanol–water partition coefficient (Wildman–Crippen LogP) is 3.76. The quantitative estimate of drug-likeness (QED) is 0.172. The van der Waals surface area contributed by atoms with Crippen LogP contribution in [-0.4, -0.2) is 66.5 Å². The zero-order valence-electron chi connectivity index (χ0n) is 19.5. The van der Waals surface area contributed by atoms with E-state index in [4.69, 9.17) is 27.9 Å². The SMILES string of the molecule is CS(=O)(=O)CC(=O)N1CC2(C1)OCc1cc(/C(C[C@](O)(c3cc(Cl)c(F)c(Cl)c3)C(F)(F)F)=N\O)ccc12. The molecule has 0 radical (unpaired) electrons. The van der Waals surface area contributed by atoms with Gasteiger partial charge in [0, 0.05) is 12.7 Å². The Kier molecular flexibility index (Phi) is 7.24. The number of nitrogens with zero attached hydrogens (tertiary/aromatic N) is 2. The highest BCUT2D eigenvalue weighted by Gasteiger charge is 2.56. The third kappa shape index (κ3) is 5.09. The smallest absolute Gasteiger partial charge is 0.411 e. The van der Waals surface area contributed by atoms with Crippen molar-refractivity contribution in [2.24, 2.45) is 5.16 Å². The molecule has 2 aromatic carbocycles. The predicted molar refractivity (Wildman–Crippen MR) is 129 cm³/mol. The standard InChI is InChI=1S/C23H20Cl2F4N2O6S/c1-38(35,36)9-19(32)31-10-21(11-31)15-3-2-12(4-13(15)8-37-21)18(30-34)7-22(33,23(27,28)29)14-5-16(24)20(26)17(25)6-14/h2-6,33-34H,7-11H2,1H3/b30-18-/t22-/m0/s1. The Morgan fingerprint density at radius 3 is 2.32 bits per heavy atom. The highest BCUT2D eigenvalue weighted by molar-refractivity contribution is 7.91. The largest absolute Gasteiger partial charge is 0.421 e. The van der Waals surface area contributed by atoms with Gasteiger partial charge in [-0.2, -0.15) is 13.2 Å². The van der Waals surface area contributed by atoms with E-state index >= 15 is 0 Å². The second-order valence-electron chi connectivity index (χ2n) is 9.31. The van der Waals surface area contributed by atoms with E-state index in [2.05, 4.69) is 5.16 Å². The first-order valence-corrected chi connectivity index (χ1v) is 13.7. The number of halogens is 6. The molecule has 206 valence electrons. The number of ether oxygens (including phenoxy) is 1. The maximum Gasteiger partial charge on any atom is 0.421 e. The minimum absolute atomic E-state index is 0.0305. The Labute approximate surface area is 224 Å². The number of benzene rings is 2. The average molecular weight is 599 g/mol. The third-order valence-electron chi connectivity index (χ3n) is 6.54. The lowest BCUT2D eigenvalue weighted by atomic mass is 9.82. The normalized spacial score (nSPS) is 18.7. The molecule has 1 atom stereocenters. The van der Waals surface area contributed by atoms with Crippen LogP contribution in [0, 0.1) is 5.82 Å². The first-order chi connectivity index (χ1) is 17.5. The van der Waals surface area contributed by atoms with E-state index in [1.165, 1.54) is 17.0 Å². The lowest BCUT2D eigenvalue weighted by Gasteiger charge is -2.47. The Balaban J connectivity index is 1.60. The van der Waals surface area contributed by atoms with E-state index in [1.54, 1.807) is 6.07 Å². The van der Waals surface area contributed by atoms with Gasteiger partial charge in [-0.1, -0.05) is 40.5 Å². The second kappa shape index (κ2) is 9.63. The molecular formula is C23H20Cl2F4N2O6S. The molecule has 15 heteroatoms. The van der Waals surface area contributed by atoms with Crippen molar-refractivity contribution in [3.05, 3.63) is 68.4 Å². The Morgan fingerprint density at radius 1 is 1.18 bits per heavy atom. The van der Waals surface area contributed by atoms with Crippen molar-refractivity contribution >= 4 is 44.7 Å². The van der Waals surface area contributed by atoms with Gasteiger partial charge < -0.3 is 20.0 Å². The lowest BCUT2D eigenvalue weighted by molar-refractivity contribution is -0.263. The molecule has 2 aliphatic heterocycles. The fourth-order valence-electron chi connectivity index (χ4n) is 4.55.